The minimum absolute atomic E-state index is 0.157. The van der Waals surface area contributed by atoms with E-state index in [0.717, 1.165) is 18.4 Å². The molecule has 2 unspecified atom stereocenters. The van der Waals surface area contributed by atoms with Gasteiger partial charge in [-0.3, -0.25) is 10.1 Å². The second-order valence-corrected chi connectivity index (χ2v) is 4.65. The lowest BCUT2D eigenvalue weighted by molar-refractivity contribution is -0.130. The number of nitrogens with zero attached hydrogens (tertiary/aromatic N) is 1. The van der Waals surface area contributed by atoms with Gasteiger partial charge in [0.2, 0.25) is 5.91 Å². The SMILES string of the molecule is CCCC(C)N1CNC(c2ccccc2)C1=O. The van der Waals surface area contributed by atoms with Crippen LogP contribution >= 0.6 is 0 Å². The van der Waals surface area contributed by atoms with E-state index in [1.54, 1.807) is 0 Å². The maximum atomic E-state index is 12.3. The van der Waals surface area contributed by atoms with Crippen molar-refractivity contribution in [2.45, 2.75) is 38.8 Å². The number of carbonyl (C=O) groups excluding carboxylic acids is 1. The molecule has 2 rings (SSSR count). The molecule has 3 heteroatoms. The molecule has 1 aliphatic heterocycles. The zero-order valence-corrected chi connectivity index (χ0v) is 10.5. The monoisotopic (exact) mass is 232 g/mol. The van der Waals surface area contributed by atoms with Crippen molar-refractivity contribution in [3.8, 4) is 0 Å². The lowest BCUT2D eigenvalue weighted by Crippen LogP contribution is -2.35. The zero-order valence-electron chi connectivity index (χ0n) is 10.5. The Morgan fingerprint density at radius 1 is 1.41 bits per heavy atom. The minimum Gasteiger partial charge on any atom is -0.326 e. The Morgan fingerprint density at radius 2 is 2.12 bits per heavy atom. The molecule has 1 heterocycles. The Morgan fingerprint density at radius 3 is 2.76 bits per heavy atom. The van der Waals surface area contributed by atoms with Crippen LogP contribution in [0.25, 0.3) is 0 Å². The van der Waals surface area contributed by atoms with E-state index in [1.807, 2.05) is 35.2 Å². The summed E-state index contributed by atoms with van der Waals surface area (Å²) in [5.74, 6) is 0.206. The largest absolute Gasteiger partial charge is 0.326 e. The highest BCUT2D eigenvalue weighted by Crippen LogP contribution is 2.22. The number of hydrogen-bond donors (Lipinski definition) is 1. The molecule has 1 aliphatic rings. The van der Waals surface area contributed by atoms with Crippen molar-refractivity contribution in [1.29, 1.82) is 0 Å². The van der Waals surface area contributed by atoms with Crippen molar-refractivity contribution in [3.63, 3.8) is 0 Å². The zero-order chi connectivity index (χ0) is 12.3. The summed E-state index contributed by atoms with van der Waals surface area (Å²) in [5, 5.41) is 3.29. The fourth-order valence-corrected chi connectivity index (χ4v) is 2.37. The third-order valence-electron chi connectivity index (χ3n) is 3.37. The Hall–Kier alpha value is -1.35. The van der Waals surface area contributed by atoms with Crippen molar-refractivity contribution in [2.75, 3.05) is 6.67 Å². The Balaban J connectivity index is 2.08. The first kappa shape index (κ1) is 12.1. The second kappa shape index (κ2) is 5.32. The topological polar surface area (TPSA) is 32.3 Å². The van der Waals surface area contributed by atoms with Crippen LogP contribution in [0.5, 0.6) is 0 Å². The van der Waals surface area contributed by atoms with Crippen molar-refractivity contribution >= 4 is 5.91 Å². The molecule has 1 aromatic carbocycles. The Kier molecular flexibility index (Phi) is 3.79. The molecule has 92 valence electrons. The molecule has 2 atom stereocenters. The van der Waals surface area contributed by atoms with Gasteiger partial charge in [0.1, 0.15) is 6.04 Å². The maximum absolute atomic E-state index is 12.3. The lowest BCUT2D eigenvalue weighted by Gasteiger charge is -2.23. The summed E-state index contributed by atoms with van der Waals surface area (Å²) in [6.07, 6.45) is 2.18. The molecular formula is C14H20N2O. The van der Waals surface area contributed by atoms with Crippen LogP contribution in [-0.2, 0) is 4.79 Å². The fourth-order valence-electron chi connectivity index (χ4n) is 2.37. The van der Waals surface area contributed by atoms with E-state index in [4.69, 9.17) is 0 Å². The van der Waals surface area contributed by atoms with Crippen LogP contribution in [0, 0.1) is 0 Å². The van der Waals surface area contributed by atoms with Crippen LogP contribution in [0.15, 0.2) is 30.3 Å². The molecule has 3 nitrogen and oxygen atoms in total. The third kappa shape index (κ3) is 2.50. The van der Waals surface area contributed by atoms with Gasteiger partial charge in [-0.1, -0.05) is 43.7 Å². The van der Waals surface area contributed by atoms with E-state index in [2.05, 4.69) is 19.2 Å². The van der Waals surface area contributed by atoms with Crippen LogP contribution in [-0.4, -0.2) is 23.5 Å². The van der Waals surface area contributed by atoms with Gasteiger partial charge in [0.25, 0.3) is 0 Å². The van der Waals surface area contributed by atoms with Gasteiger partial charge in [-0.15, -0.1) is 0 Å². The smallest absolute Gasteiger partial charge is 0.245 e. The average Bonchev–Trinajstić information content (AvgIpc) is 2.72. The van der Waals surface area contributed by atoms with E-state index in [9.17, 15) is 4.79 Å². The van der Waals surface area contributed by atoms with Gasteiger partial charge in [-0.25, -0.2) is 0 Å². The molecule has 0 aliphatic carbocycles. The van der Waals surface area contributed by atoms with Crippen LogP contribution in [0.1, 0.15) is 38.3 Å². The van der Waals surface area contributed by atoms with Gasteiger partial charge < -0.3 is 4.90 Å². The molecule has 1 saturated heterocycles. The molecule has 0 radical (unpaired) electrons. The van der Waals surface area contributed by atoms with Crippen LogP contribution in [0.2, 0.25) is 0 Å². The first-order valence-electron chi connectivity index (χ1n) is 6.33. The molecule has 1 fully saturated rings. The van der Waals surface area contributed by atoms with Crippen LogP contribution in [0.3, 0.4) is 0 Å². The summed E-state index contributed by atoms with van der Waals surface area (Å²) >= 11 is 0. The van der Waals surface area contributed by atoms with Gasteiger partial charge >= 0.3 is 0 Å². The Bertz CT molecular complexity index is 377. The van der Waals surface area contributed by atoms with Crippen molar-refractivity contribution in [3.05, 3.63) is 35.9 Å². The summed E-state index contributed by atoms with van der Waals surface area (Å²) in [7, 11) is 0. The van der Waals surface area contributed by atoms with E-state index in [-0.39, 0.29) is 11.9 Å². The molecular weight excluding hydrogens is 212 g/mol. The quantitative estimate of drug-likeness (QED) is 0.864. The van der Waals surface area contributed by atoms with Crippen LogP contribution in [0.4, 0.5) is 0 Å². The molecule has 1 amide bonds. The summed E-state index contributed by atoms with van der Waals surface area (Å²) in [6, 6.07) is 10.1. The standard InChI is InChI=1S/C14H20N2O/c1-3-7-11(2)16-10-15-13(14(16)17)12-8-5-4-6-9-12/h4-6,8-9,11,13,15H,3,7,10H2,1-2H3. The van der Waals surface area contributed by atoms with E-state index in [1.165, 1.54) is 0 Å². The maximum Gasteiger partial charge on any atom is 0.245 e. The number of amides is 1. The predicted octanol–water partition coefficient (Wildman–Crippen LogP) is 2.31. The summed E-state index contributed by atoms with van der Waals surface area (Å²) in [4.78, 5) is 14.2. The highest BCUT2D eigenvalue weighted by Gasteiger charge is 2.34. The molecule has 17 heavy (non-hydrogen) atoms. The fraction of sp³-hybridized carbons (Fsp3) is 0.500. The Labute approximate surface area is 103 Å². The molecule has 0 aromatic heterocycles. The summed E-state index contributed by atoms with van der Waals surface area (Å²) < 4.78 is 0. The van der Waals surface area contributed by atoms with Crippen molar-refractivity contribution < 1.29 is 4.79 Å². The normalized spacial score (nSPS) is 21.9. The van der Waals surface area contributed by atoms with Gasteiger partial charge in [-0.05, 0) is 18.9 Å². The number of rotatable bonds is 4. The highest BCUT2D eigenvalue weighted by atomic mass is 16.2. The van der Waals surface area contributed by atoms with E-state index >= 15 is 0 Å². The second-order valence-electron chi connectivity index (χ2n) is 4.65. The molecule has 1 aromatic rings. The minimum atomic E-state index is -0.157. The molecule has 1 N–H and O–H groups in total. The van der Waals surface area contributed by atoms with E-state index < -0.39 is 0 Å². The number of hydrogen-bond acceptors (Lipinski definition) is 2. The molecule has 0 spiro atoms. The molecule has 0 bridgehead atoms. The van der Waals surface area contributed by atoms with Crippen LogP contribution < -0.4 is 5.32 Å². The first-order valence-corrected chi connectivity index (χ1v) is 6.33. The first-order chi connectivity index (χ1) is 8.24. The van der Waals surface area contributed by atoms with Crippen molar-refractivity contribution in [1.82, 2.24) is 10.2 Å². The predicted molar refractivity (Wildman–Crippen MR) is 68.4 cm³/mol. The number of carbonyl (C=O) groups is 1. The van der Waals surface area contributed by atoms with Gasteiger partial charge in [0.05, 0.1) is 6.67 Å². The highest BCUT2D eigenvalue weighted by molar-refractivity contribution is 5.85. The van der Waals surface area contributed by atoms with Gasteiger partial charge in [-0.2, -0.15) is 0 Å². The lowest BCUT2D eigenvalue weighted by atomic mass is 10.1. The van der Waals surface area contributed by atoms with Gasteiger partial charge in [0, 0.05) is 6.04 Å². The number of benzene rings is 1. The third-order valence-corrected chi connectivity index (χ3v) is 3.37. The average molecular weight is 232 g/mol. The molecule has 0 saturated carbocycles. The summed E-state index contributed by atoms with van der Waals surface area (Å²) in [6.45, 7) is 4.94. The van der Waals surface area contributed by atoms with E-state index in [0.29, 0.717) is 12.7 Å². The summed E-state index contributed by atoms with van der Waals surface area (Å²) in [5.41, 5.74) is 1.06. The number of nitrogens with one attached hydrogen (secondary N) is 1. The van der Waals surface area contributed by atoms with Gasteiger partial charge in [0.15, 0.2) is 0 Å². The van der Waals surface area contributed by atoms with Crippen molar-refractivity contribution in [2.24, 2.45) is 0 Å².